The van der Waals surface area contributed by atoms with Crippen molar-refractivity contribution in [3.05, 3.63) is 42.1 Å². The van der Waals surface area contributed by atoms with E-state index >= 15 is 0 Å². The van der Waals surface area contributed by atoms with Crippen molar-refractivity contribution < 1.29 is 14.4 Å². The van der Waals surface area contributed by atoms with E-state index in [9.17, 15) is 14.4 Å². The maximum atomic E-state index is 13.7. The molecule has 1 unspecified atom stereocenters. The van der Waals surface area contributed by atoms with Gasteiger partial charge in [0.25, 0.3) is 0 Å². The number of hydrogen-bond donors (Lipinski definition) is 1. The SMILES string of the molecule is CCCCC[C@@H](C)NC(=O)[C@@H]1C[C@@]2(C)CC2N1C(=O)Cn1nc(C(C)=O)c2cc(-c3cnc(C)nc3)ccc21. The van der Waals surface area contributed by atoms with Gasteiger partial charge in [0, 0.05) is 42.4 Å². The molecule has 3 heterocycles. The lowest BCUT2D eigenvalue weighted by atomic mass is 10.0. The van der Waals surface area contributed by atoms with Gasteiger partial charge in [0.1, 0.15) is 24.1 Å². The number of nitrogens with zero attached hydrogens (tertiary/aromatic N) is 5. The van der Waals surface area contributed by atoms with Crippen LogP contribution in [-0.2, 0) is 16.1 Å². The summed E-state index contributed by atoms with van der Waals surface area (Å²) in [6, 6.07) is 5.37. The van der Waals surface area contributed by atoms with Crippen LogP contribution in [0.5, 0.6) is 0 Å². The molecule has 4 atom stereocenters. The molecule has 0 spiro atoms. The zero-order chi connectivity index (χ0) is 27.9. The van der Waals surface area contributed by atoms with Crippen molar-refractivity contribution in [2.45, 2.75) is 97.8 Å². The summed E-state index contributed by atoms with van der Waals surface area (Å²) in [6.07, 6.45) is 9.39. The second kappa shape index (κ2) is 10.5. The lowest BCUT2D eigenvalue weighted by Crippen LogP contribution is -2.50. The Bertz CT molecular complexity index is 1410. The Morgan fingerprint density at radius 1 is 1.13 bits per heavy atom. The van der Waals surface area contributed by atoms with E-state index in [0.717, 1.165) is 43.2 Å². The third-order valence-corrected chi connectivity index (χ3v) is 8.34. The molecule has 9 heteroatoms. The number of Topliss-reactive ketones (excluding diaryl/α,β-unsaturated/α-hetero) is 1. The first-order valence-electron chi connectivity index (χ1n) is 14.0. The Morgan fingerprint density at radius 2 is 1.87 bits per heavy atom. The summed E-state index contributed by atoms with van der Waals surface area (Å²) in [5.41, 5.74) is 2.72. The van der Waals surface area contributed by atoms with Gasteiger partial charge in [-0.05, 0) is 56.2 Å². The lowest BCUT2D eigenvalue weighted by molar-refractivity contribution is -0.140. The van der Waals surface area contributed by atoms with Crippen molar-refractivity contribution in [2.24, 2.45) is 5.41 Å². The van der Waals surface area contributed by atoms with Crippen LogP contribution < -0.4 is 5.32 Å². The van der Waals surface area contributed by atoms with Crippen molar-refractivity contribution >= 4 is 28.5 Å². The molecule has 3 aromatic rings. The van der Waals surface area contributed by atoms with Gasteiger partial charge in [-0.15, -0.1) is 0 Å². The number of fused-ring (bicyclic) bond motifs is 2. The van der Waals surface area contributed by atoms with Gasteiger partial charge in [-0.3, -0.25) is 19.1 Å². The molecule has 0 bridgehead atoms. The van der Waals surface area contributed by atoms with Gasteiger partial charge in [-0.2, -0.15) is 5.10 Å². The van der Waals surface area contributed by atoms with Crippen molar-refractivity contribution in [2.75, 3.05) is 0 Å². The third-order valence-electron chi connectivity index (χ3n) is 8.34. The predicted octanol–water partition coefficient (Wildman–Crippen LogP) is 4.47. The number of hydrogen-bond acceptors (Lipinski definition) is 6. The standard InChI is InChI=1S/C30H38N6O3/c1-6-7-8-9-18(2)33-29(39)25-13-30(5)14-26(30)36(25)27(38)17-35-24-11-10-21(22-15-31-20(4)32-16-22)12-23(24)28(34-35)19(3)37/h10-12,15-16,18,25-26H,6-9,13-14,17H2,1-5H3,(H,33,39)/t18-,25+,26?,30+/m1/s1. The Labute approximate surface area is 229 Å². The zero-order valence-corrected chi connectivity index (χ0v) is 23.5. The minimum Gasteiger partial charge on any atom is -0.352 e. The van der Waals surface area contributed by atoms with E-state index in [1.54, 1.807) is 22.0 Å². The van der Waals surface area contributed by atoms with Gasteiger partial charge < -0.3 is 10.2 Å². The van der Waals surface area contributed by atoms with Crippen LogP contribution in [-0.4, -0.2) is 60.4 Å². The van der Waals surface area contributed by atoms with E-state index in [2.05, 4.69) is 34.2 Å². The fourth-order valence-corrected chi connectivity index (χ4v) is 5.96. The minimum atomic E-state index is -0.475. The molecule has 5 rings (SSSR count). The van der Waals surface area contributed by atoms with Crippen LogP contribution >= 0.6 is 0 Å². The van der Waals surface area contributed by atoms with Gasteiger partial charge in [0.15, 0.2) is 5.78 Å². The number of amides is 2. The van der Waals surface area contributed by atoms with Crippen LogP contribution in [0.2, 0.25) is 0 Å². The number of piperidine rings is 1. The molecule has 2 fully saturated rings. The molecular formula is C30H38N6O3. The van der Waals surface area contributed by atoms with E-state index in [0.29, 0.717) is 28.8 Å². The summed E-state index contributed by atoms with van der Waals surface area (Å²) >= 11 is 0. The van der Waals surface area contributed by atoms with Crippen LogP contribution in [0.1, 0.15) is 82.5 Å². The highest BCUT2D eigenvalue weighted by atomic mass is 16.2. The van der Waals surface area contributed by atoms with Gasteiger partial charge in [-0.1, -0.05) is 39.2 Å². The number of benzene rings is 1. The van der Waals surface area contributed by atoms with E-state index in [1.807, 2.05) is 32.0 Å². The Kier molecular flexibility index (Phi) is 7.27. The van der Waals surface area contributed by atoms with Crippen LogP contribution in [0.3, 0.4) is 0 Å². The molecular weight excluding hydrogens is 492 g/mol. The molecule has 1 aliphatic heterocycles. The maximum Gasteiger partial charge on any atom is 0.245 e. The smallest absolute Gasteiger partial charge is 0.245 e. The molecule has 1 aromatic carbocycles. The molecule has 39 heavy (non-hydrogen) atoms. The van der Waals surface area contributed by atoms with E-state index < -0.39 is 6.04 Å². The topological polar surface area (TPSA) is 110 Å². The van der Waals surface area contributed by atoms with E-state index in [1.165, 1.54) is 6.92 Å². The van der Waals surface area contributed by atoms with Gasteiger partial charge in [-0.25, -0.2) is 9.97 Å². The number of rotatable bonds is 10. The quantitative estimate of drug-likeness (QED) is 0.306. The van der Waals surface area contributed by atoms with Crippen molar-refractivity contribution in [1.82, 2.24) is 30.0 Å². The van der Waals surface area contributed by atoms with Gasteiger partial charge in [0.05, 0.1) is 5.52 Å². The first-order chi connectivity index (χ1) is 18.6. The van der Waals surface area contributed by atoms with Gasteiger partial charge >= 0.3 is 0 Å². The van der Waals surface area contributed by atoms with Crippen LogP contribution in [0.25, 0.3) is 22.0 Å². The molecule has 9 nitrogen and oxygen atoms in total. The van der Waals surface area contributed by atoms with Crippen molar-refractivity contribution in [3.63, 3.8) is 0 Å². The Balaban J connectivity index is 1.38. The maximum absolute atomic E-state index is 13.7. The number of ketones is 1. The second-order valence-electron chi connectivity index (χ2n) is 11.6. The summed E-state index contributed by atoms with van der Waals surface area (Å²) < 4.78 is 1.60. The van der Waals surface area contributed by atoms with Crippen molar-refractivity contribution in [3.8, 4) is 11.1 Å². The first-order valence-corrected chi connectivity index (χ1v) is 14.0. The average Bonchev–Trinajstić information content (AvgIpc) is 3.26. The van der Waals surface area contributed by atoms with E-state index in [-0.39, 0.29) is 41.6 Å². The highest BCUT2D eigenvalue weighted by Gasteiger charge is 2.64. The van der Waals surface area contributed by atoms with Crippen LogP contribution in [0.4, 0.5) is 0 Å². The lowest BCUT2D eigenvalue weighted by Gasteiger charge is -2.28. The first kappa shape index (κ1) is 27.0. The molecule has 1 saturated heterocycles. The highest BCUT2D eigenvalue weighted by molar-refractivity contribution is 6.06. The fraction of sp³-hybridized carbons (Fsp3) is 0.533. The summed E-state index contributed by atoms with van der Waals surface area (Å²) in [7, 11) is 0. The molecule has 1 saturated carbocycles. The van der Waals surface area contributed by atoms with Crippen molar-refractivity contribution in [1.29, 1.82) is 0 Å². The molecule has 206 valence electrons. The summed E-state index contributed by atoms with van der Waals surface area (Å²) in [5.74, 6) is 0.298. The predicted molar refractivity (Wildman–Crippen MR) is 149 cm³/mol. The number of likely N-dealkylation sites (tertiary alicyclic amines) is 1. The molecule has 2 amide bonds. The van der Waals surface area contributed by atoms with E-state index in [4.69, 9.17) is 0 Å². The largest absolute Gasteiger partial charge is 0.352 e. The Hall–Kier alpha value is -3.62. The minimum absolute atomic E-state index is 0.00907. The number of carbonyl (C=O) groups excluding carboxylic acids is 3. The molecule has 0 radical (unpaired) electrons. The number of unbranched alkanes of at least 4 members (excludes halogenated alkanes) is 2. The molecule has 1 N–H and O–H groups in total. The normalized spacial score (nSPS) is 22.5. The number of aromatic nitrogens is 4. The summed E-state index contributed by atoms with van der Waals surface area (Å²) in [4.78, 5) is 49.8. The number of carbonyl (C=O) groups is 3. The monoisotopic (exact) mass is 530 g/mol. The van der Waals surface area contributed by atoms with Crippen LogP contribution in [0.15, 0.2) is 30.6 Å². The summed E-state index contributed by atoms with van der Waals surface area (Å²) in [5, 5.41) is 8.39. The van der Waals surface area contributed by atoms with Gasteiger partial charge in [0.2, 0.25) is 11.8 Å². The number of aryl methyl sites for hydroxylation is 1. The summed E-state index contributed by atoms with van der Waals surface area (Å²) in [6.45, 7) is 9.64. The molecule has 2 aliphatic rings. The highest BCUT2D eigenvalue weighted by Crippen LogP contribution is 2.59. The average molecular weight is 531 g/mol. The molecule has 1 aliphatic carbocycles. The Morgan fingerprint density at radius 3 is 2.56 bits per heavy atom. The molecule has 2 aromatic heterocycles. The second-order valence-corrected chi connectivity index (χ2v) is 11.6. The third kappa shape index (κ3) is 5.31. The number of nitrogens with one attached hydrogen (secondary N) is 1. The van der Waals surface area contributed by atoms with Crippen LogP contribution in [0, 0.1) is 12.3 Å². The zero-order valence-electron chi connectivity index (χ0n) is 23.5. The fourth-order valence-electron chi connectivity index (χ4n) is 5.96.